The first kappa shape index (κ1) is 18.6. The van der Waals surface area contributed by atoms with Crippen molar-refractivity contribution in [1.29, 1.82) is 0 Å². The second kappa shape index (κ2) is 7.19. The Bertz CT molecular complexity index is 642. The van der Waals surface area contributed by atoms with Crippen LogP contribution in [0.2, 0.25) is 0 Å². The summed E-state index contributed by atoms with van der Waals surface area (Å²) >= 11 is 0. The van der Waals surface area contributed by atoms with Crippen LogP contribution < -0.4 is 4.72 Å². The van der Waals surface area contributed by atoms with Gasteiger partial charge in [-0.15, -0.1) is 0 Å². The monoisotopic (exact) mass is 330 g/mol. The van der Waals surface area contributed by atoms with Crippen LogP contribution >= 0.6 is 0 Å². The van der Waals surface area contributed by atoms with E-state index in [1.54, 1.807) is 21.0 Å². The molecule has 0 aliphatic rings. The summed E-state index contributed by atoms with van der Waals surface area (Å²) in [5.41, 5.74) is 0.626. The molecule has 0 spiro atoms. The fourth-order valence-electron chi connectivity index (χ4n) is 2.05. The number of nitrogens with zero attached hydrogens (tertiary/aromatic N) is 1. The quantitative estimate of drug-likeness (QED) is 0.866. The van der Waals surface area contributed by atoms with Gasteiger partial charge in [-0.2, -0.15) is 4.72 Å². The number of aryl methyl sites for hydroxylation is 1. The Kier molecular flexibility index (Phi) is 6.08. The highest BCUT2D eigenvalue weighted by molar-refractivity contribution is 7.89. The Morgan fingerprint density at radius 2 is 1.91 bits per heavy atom. The summed E-state index contributed by atoms with van der Waals surface area (Å²) in [7, 11) is -1.00. The molecule has 0 unspecified atom stereocenters. The average molecular weight is 330 g/mol. The molecule has 1 rings (SSSR count). The standard InChI is InChI=1S/C15H23FN2O3S/c1-10(2)8-13(15(19)18(4)5)17-22(20,21)14-9-11(3)6-7-12(14)16/h6-7,9-10,13,17H,8H2,1-5H3/t13-/m1/s1. The van der Waals surface area contributed by atoms with Crippen molar-refractivity contribution < 1.29 is 17.6 Å². The second-order valence-electron chi connectivity index (χ2n) is 5.97. The molecule has 124 valence electrons. The summed E-state index contributed by atoms with van der Waals surface area (Å²) < 4.78 is 41.0. The maximum absolute atomic E-state index is 13.8. The molecule has 22 heavy (non-hydrogen) atoms. The van der Waals surface area contributed by atoms with Crippen molar-refractivity contribution in [1.82, 2.24) is 9.62 Å². The van der Waals surface area contributed by atoms with Gasteiger partial charge in [-0.05, 0) is 37.0 Å². The van der Waals surface area contributed by atoms with Crippen LogP contribution in [-0.4, -0.2) is 39.4 Å². The minimum Gasteiger partial charge on any atom is -0.347 e. The molecule has 7 heteroatoms. The van der Waals surface area contributed by atoms with Crippen LogP contribution in [0.3, 0.4) is 0 Å². The second-order valence-corrected chi connectivity index (χ2v) is 7.65. The van der Waals surface area contributed by atoms with Gasteiger partial charge in [0.1, 0.15) is 16.8 Å². The summed E-state index contributed by atoms with van der Waals surface area (Å²) in [6, 6.07) is 2.93. The Labute approximate surface area is 131 Å². The van der Waals surface area contributed by atoms with E-state index in [0.29, 0.717) is 12.0 Å². The molecule has 1 atom stereocenters. The lowest BCUT2D eigenvalue weighted by molar-refractivity contribution is -0.130. The van der Waals surface area contributed by atoms with Gasteiger partial charge in [0.15, 0.2) is 0 Å². The van der Waals surface area contributed by atoms with Crippen LogP contribution in [0.15, 0.2) is 23.1 Å². The molecule has 0 bridgehead atoms. The summed E-state index contributed by atoms with van der Waals surface area (Å²) in [6.07, 6.45) is 0.337. The molecular formula is C15H23FN2O3S. The lowest BCUT2D eigenvalue weighted by Gasteiger charge is -2.23. The molecule has 1 amide bonds. The maximum atomic E-state index is 13.8. The zero-order valence-electron chi connectivity index (χ0n) is 13.6. The molecule has 0 saturated heterocycles. The Hall–Kier alpha value is -1.47. The molecule has 0 aliphatic heterocycles. The summed E-state index contributed by atoms with van der Waals surface area (Å²) in [5.74, 6) is -1.08. The zero-order valence-corrected chi connectivity index (χ0v) is 14.4. The van der Waals surface area contributed by atoms with Crippen LogP contribution in [0.1, 0.15) is 25.8 Å². The van der Waals surface area contributed by atoms with Gasteiger partial charge in [-0.3, -0.25) is 4.79 Å². The predicted molar refractivity (Wildman–Crippen MR) is 83.4 cm³/mol. The van der Waals surface area contributed by atoms with Crippen LogP contribution in [0, 0.1) is 18.7 Å². The summed E-state index contributed by atoms with van der Waals surface area (Å²) in [5, 5.41) is 0. The molecule has 5 nitrogen and oxygen atoms in total. The van der Waals surface area contributed by atoms with Gasteiger partial charge < -0.3 is 4.90 Å². The fourth-order valence-corrected chi connectivity index (χ4v) is 3.41. The lowest BCUT2D eigenvalue weighted by atomic mass is 10.0. The molecule has 0 radical (unpaired) electrons. The number of hydrogen-bond acceptors (Lipinski definition) is 3. The SMILES string of the molecule is Cc1ccc(F)c(S(=O)(=O)N[C@H](CC(C)C)C(=O)N(C)C)c1. The average Bonchev–Trinajstić information content (AvgIpc) is 2.38. The highest BCUT2D eigenvalue weighted by atomic mass is 32.2. The molecule has 1 aromatic carbocycles. The highest BCUT2D eigenvalue weighted by Gasteiger charge is 2.29. The van der Waals surface area contributed by atoms with Gasteiger partial charge in [0.25, 0.3) is 0 Å². The molecule has 0 saturated carbocycles. The minimum atomic E-state index is -4.11. The van der Waals surface area contributed by atoms with Crippen molar-refractivity contribution in [2.45, 2.75) is 38.1 Å². The Morgan fingerprint density at radius 1 is 1.32 bits per heavy atom. The van der Waals surface area contributed by atoms with Crippen LogP contribution in [-0.2, 0) is 14.8 Å². The van der Waals surface area contributed by atoms with E-state index in [9.17, 15) is 17.6 Å². The molecule has 1 N–H and O–H groups in total. The van der Waals surface area contributed by atoms with E-state index in [2.05, 4.69) is 4.72 Å². The number of carbonyl (C=O) groups excluding carboxylic acids is 1. The van der Waals surface area contributed by atoms with E-state index in [4.69, 9.17) is 0 Å². The smallest absolute Gasteiger partial charge is 0.244 e. The first-order chi connectivity index (χ1) is 10.0. The largest absolute Gasteiger partial charge is 0.347 e. The van der Waals surface area contributed by atoms with Crippen LogP contribution in [0.25, 0.3) is 0 Å². The maximum Gasteiger partial charge on any atom is 0.244 e. The Morgan fingerprint density at radius 3 is 2.41 bits per heavy atom. The molecular weight excluding hydrogens is 307 g/mol. The summed E-state index contributed by atoms with van der Waals surface area (Å²) in [6.45, 7) is 5.45. The normalized spacial score (nSPS) is 13.2. The number of hydrogen-bond donors (Lipinski definition) is 1. The number of nitrogens with one attached hydrogen (secondary N) is 1. The van der Waals surface area contributed by atoms with Gasteiger partial charge >= 0.3 is 0 Å². The zero-order chi connectivity index (χ0) is 17.1. The predicted octanol–water partition coefficient (Wildman–Crippen LogP) is 1.92. The number of amides is 1. The van der Waals surface area contributed by atoms with Crippen LogP contribution in [0.5, 0.6) is 0 Å². The van der Waals surface area contributed by atoms with E-state index in [0.717, 1.165) is 6.07 Å². The fraction of sp³-hybridized carbons (Fsp3) is 0.533. The van der Waals surface area contributed by atoms with E-state index in [-0.39, 0.29) is 11.8 Å². The van der Waals surface area contributed by atoms with Gasteiger partial charge in [0, 0.05) is 14.1 Å². The minimum absolute atomic E-state index is 0.110. The van der Waals surface area contributed by atoms with E-state index in [1.165, 1.54) is 17.0 Å². The van der Waals surface area contributed by atoms with Gasteiger partial charge in [0.05, 0.1) is 0 Å². The van der Waals surface area contributed by atoms with Crippen molar-refractivity contribution in [2.75, 3.05) is 14.1 Å². The number of sulfonamides is 1. The van der Waals surface area contributed by atoms with Crippen molar-refractivity contribution in [3.63, 3.8) is 0 Å². The number of rotatable bonds is 6. The first-order valence-electron chi connectivity index (χ1n) is 7.04. The highest BCUT2D eigenvalue weighted by Crippen LogP contribution is 2.18. The molecule has 0 fully saturated rings. The van der Waals surface area contributed by atoms with E-state index < -0.39 is 26.8 Å². The number of likely N-dealkylation sites (N-methyl/N-ethyl adjacent to an activating group) is 1. The number of carbonyl (C=O) groups is 1. The van der Waals surface area contributed by atoms with Crippen molar-refractivity contribution in [2.24, 2.45) is 5.92 Å². The van der Waals surface area contributed by atoms with Crippen molar-refractivity contribution >= 4 is 15.9 Å². The third kappa shape index (κ3) is 4.78. The van der Waals surface area contributed by atoms with Gasteiger partial charge in [-0.25, -0.2) is 12.8 Å². The summed E-state index contributed by atoms with van der Waals surface area (Å²) in [4.78, 5) is 13.0. The van der Waals surface area contributed by atoms with E-state index >= 15 is 0 Å². The van der Waals surface area contributed by atoms with Crippen molar-refractivity contribution in [3.8, 4) is 0 Å². The van der Waals surface area contributed by atoms with Crippen LogP contribution in [0.4, 0.5) is 4.39 Å². The molecule has 0 aliphatic carbocycles. The first-order valence-corrected chi connectivity index (χ1v) is 8.52. The van der Waals surface area contributed by atoms with Gasteiger partial charge in [-0.1, -0.05) is 19.9 Å². The third-order valence-corrected chi connectivity index (χ3v) is 4.61. The number of halogens is 1. The lowest BCUT2D eigenvalue weighted by Crippen LogP contribution is -2.47. The Balaban J connectivity index is 3.15. The third-order valence-electron chi connectivity index (χ3n) is 3.12. The molecule has 0 aromatic heterocycles. The number of benzene rings is 1. The molecule has 1 aromatic rings. The molecule has 0 heterocycles. The van der Waals surface area contributed by atoms with E-state index in [1.807, 2.05) is 13.8 Å². The topological polar surface area (TPSA) is 66.5 Å². The van der Waals surface area contributed by atoms with Crippen molar-refractivity contribution in [3.05, 3.63) is 29.6 Å². The van der Waals surface area contributed by atoms with Gasteiger partial charge in [0.2, 0.25) is 15.9 Å².